The average Bonchev–Trinajstić information content (AvgIpc) is 2.98. The van der Waals surface area contributed by atoms with E-state index >= 15 is 0 Å². The van der Waals surface area contributed by atoms with Crippen LogP contribution in [0.25, 0.3) is 0 Å². The van der Waals surface area contributed by atoms with Gasteiger partial charge < -0.3 is 19.8 Å². The second kappa shape index (κ2) is 12.1. The van der Waals surface area contributed by atoms with Crippen molar-refractivity contribution in [2.75, 3.05) is 26.5 Å². The molecule has 1 heterocycles. The van der Waals surface area contributed by atoms with E-state index < -0.39 is 0 Å². The minimum atomic E-state index is 0. The predicted octanol–water partition coefficient (Wildman–Crippen LogP) is 4.01. The molecule has 0 aliphatic carbocycles. The molecular formula is C19H29IN4O2S. The van der Waals surface area contributed by atoms with Crippen LogP contribution in [0.1, 0.15) is 24.3 Å². The number of rotatable bonds is 8. The van der Waals surface area contributed by atoms with E-state index in [4.69, 9.17) is 9.15 Å². The highest BCUT2D eigenvalue weighted by Gasteiger charge is 2.09. The van der Waals surface area contributed by atoms with Crippen LogP contribution >= 0.6 is 35.7 Å². The summed E-state index contributed by atoms with van der Waals surface area (Å²) in [5.74, 6) is 4.64. The lowest BCUT2D eigenvalue weighted by Gasteiger charge is -2.16. The first-order chi connectivity index (χ1) is 12.5. The first-order valence-corrected chi connectivity index (χ1v) is 9.65. The molecular weight excluding hydrogens is 475 g/mol. The molecule has 27 heavy (non-hydrogen) atoms. The number of ether oxygens (including phenoxy) is 1. The molecule has 0 saturated carbocycles. The highest BCUT2D eigenvalue weighted by molar-refractivity contribution is 14.0. The molecule has 0 aliphatic heterocycles. The van der Waals surface area contributed by atoms with Gasteiger partial charge in [-0.05, 0) is 31.9 Å². The van der Waals surface area contributed by atoms with Crippen molar-refractivity contribution in [1.82, 2.24) is 15.6 Å². The summed E-state index contributed by atoms with van der Waals surface area (Å²) in [4.78, 5) is 9.78. The van der Waals surface area contributed by atoms with E-state index in [0.717, 1.165) is 35.5 Å². The fraction of sp³-hybridized carbons (Fsp3) is 0.474. The van der Waals surface area contributed by atoms with Gasteiger partial charge in [-0.2, -0.15) is 0 Å². The summed E-state index contributed by atoms with van der Waals surface area (Å²) in [5, 5.41) is 6.58. The smallest absolute Gasteiger partial charge is 0.214 e. The number of halogens is 1. The molecule has 0 radical (unpaired) electrons. The van der Waals surface area contributed by atoms with Gasteiger partial charge in [0.2, 0.25) is 5.89 Å². The minimum absolute atomic E-state index is 0. The lowest BCUT2D eigenvalue weighted by molar-refractivity contribution is 0.405. The number of aryl methyl sites for hydroxylation is 2. The zero-order chi connectivity index (χ0) is 18.9. The Bertz CT molecular complexity index is 717. The molecule has 150 valence electrons. The predicted molar refractivity (Wildman–Crippen MR) is 122 cm³/mol. The third kappa shape index (κ3) is 7.61. The Labute approximate surface area is 183 Å². The Kier molecular flexibility index (Phi) is 10.6. The molecule has 0 spiro atoms. The van der Waals surface area contributed by atoms with E-state index in [9.17, 15) is 0 Å². The number of hydrogen-bond donors (Lipinski definition) is 2. The summed E-state index contributed by atoms with van der Waals surface area (Å²) in [6.07, 6.45) is 0. The highest BCUT2D eigenvalue weighted by Crippen LogP contribution is 2.29. The molecule has 1 aromatic heterocycles. The van der Waals surface area contributed by atoms with Crippen molar-refractivity contribution in [2.45, 2.75) is 32.2 Å². The van der Waals surface area contributed by atoms with Gasteiger partial charge in [0.25, 0.3) is 0 Å². The van der Waals surface area contributed by atoms with Gasteiger partial charge in [-0.15, -0.1) is 35.7 Å². The van der Waals surface area contributed by atoms with Crippen LogP contribution in [0, 0.1) is 19.8 Å². The number of nitrogens with one attached hydrogen (secondary N) is 2. The van der Waals surface area contributed by atoms with Crippen molar-refractivity contribution in [3.63, 3.8) is 0 Å². The molecule has 0 saturated heterocycles. The zero-order valence-corrected chi connectivity index (χ0v) is 19.7. The SMILES string of the molecule is CN=C(NCc1nc(C)c(C)o1)NCC(C)CSc1ccccc1OC.I. The molecule has 0 aliphatic rings. The highest BCUT2D eigenvalue weighted by atomic mass is 127. The van der Waals surface area contributed by atoms with Gasteiger partial charge in [0.05, 0.1) is 19.3 Å². The van der Waals surface area contributed by atoms with Crippen LogP contribution in [0.15, 0.2) is 38.6 Å². The largest absolute Gasteiger partial charge is 0.496 e. The second-order valence-corrected chi connectivity index (χ2v) is 7.18. The van der Waals surface area contributed by atoms with Gasteiger partial charge in [-0.1, -0.05) is 19.1 Å². The van der Waals surface area contributed by atoms with Gasteiger partial charge in [-0.3, -0.25) is 4.99 Å². The number of aromatic nitrogens is 1. The molecule has 1 unspecified atom stereocenters. The normalized spacial score (nSPS) is 12.3. The number of thioether (sulfide) groups is 1. The van der Waals surface area contributed by atoms with E-state index in [-0.39, 0.29) is 24.0 Å². The van der Waals surface area contributed by atoms with Gasteiger partial charge in [-0.25, -0.2) is 4.98 Å². The van der Waals surface area contributed by atoms with Gasteiger partial charge >= 0.3 is 0 Å². The summed E-state index contributed by atoms with van der Waals surface area (Å²) >= 11 is 1.80. The van der Waals surface area contributed by atoms with Crippen LogP contribution in [0.4, 0.5) is 0 Å². The molecule has 0 bridgehead atoms. The molecule has 6 nitrogen and oxygen atoms in total. The molecule has 2 rings (SSSR count). The van der Waals surface area contributed by atoms with Crippen LogP contribution in [0.5, 0.6) is 5.75 Å². The maximum Gasteiger partial charge on any atom is 0.214 e. The van der Waals surface area contributed by atoms with E-state index in [1.54, 1.807) is 25.9 Å². The van der Waals surface area contributed by atoms with Crippen LogP contribution in [-0.4, -0.2) is 37.4 Å². The van der Waals surface area contributed by atoms with Crippen LogP contribution < -0.4 is 15.4 Å². The number of benzene rings is 1. The first-order valence-electron chi connectivity index (χ1n) is 8.66. The van der Waals surface area contributed by atoms with Crippen molar-refractivity contribution < 1.29 is 9.15 Å². The third-order valence-corrected chi connectivity index (χ3v) is 5.30. The van der Waals surface area contributed by atoms with Gasteiger partial charge in [0.1, 0.15) is 11.5 Å². The van der Waals surface area contributed by atoms with E-state index in [1.165, 1.54) is 4.90 Å². The van der Waals surface area contributed by atoms with E-state index in [0.29, 0.717) is 18.4 Å². The summed E-state index contributed by atoms with van der Waals surface area (Å²) in [6.45, 7) is 7.41. The summed E-state index contributed by atoms with van der Waals surface area (Å²) in [6, 6.07) is 8.10. The van der Waals surface area contributed by atoms with Crippen molar-refractivity contribution in [3.8, 4) is 5.75 Å². The monoisotopic (exact) mass is 504 g/mol. The molecule has 1 aromatic carbocycles. The summed E-state index contributed by atoms with van der Waals surface area (Å²) in [5.41, 5.74) is 0.923. The van der Waals surface area contributed by atoms with Crippen molar-refractivity contribution in [1.29, 1.82) is 0 Å². The molecule has 2 N–H and O–H groups in total. The van der Waals surface area contributed by atoms with Gasteiger partial charge in [0.15, 0.2) is 5.96 Å². The van der Waals surface area contributed by atoms with Crippen molar-refractivity contribution in [2.24, 2.45) is 10.9 Å². The average molecular weight is 504 g/mol. The molecule has 1 atom stereocenters. The number of oxazole rings is 1. The standard InChI is InChI=1S/C19H28N4O2S.HI/c1-13(12-26-17-9-7-6-8-16(17)24-5)10-21-19(20-4)22-11-18-23-14(2)15(3)25-18;/h6-9,13H,10-12H2,1-5H3,(H2,20,21,22);1H. The lowest BCUT2D eigenvalue weighted by atomic mass is 10.2. The quantitative estimate of drug-likeness (QED) is 0.245. The Balaban J connectivity index is 0.00000364. The van der Waals surface area contributed by atoms with E-state index in [1.807, 2.05) is 32.0 Å². The Morgan fingerprint density at radius 2 is 2.04 bits per heavy atom. The van der Waals surface area contributed by atoms with E-state index in [2.05, 4.69) is 33.6 Å². The Morgan fingerprint density at radius 1 is 1.30 bits per heavy atom. The first kappa shape index (κ1) is 23.6. The number of guanidine groups is 1. The summed E-state index contributed by atoms with van der Waals surface area (Å²) in [7, 11) is 3.46. The van der Waals surface area contributed by atoms with Crippen LogP contribution in [0.2, 0.25) is 0 Å². The Morgan fingerprint density at radius 3 is 2.67 bits per heavy atom. The maximum absolute atomic E-state index is 5.57. The van der Waals surface area contributed by atoms with Crippen molar-refractivity contribution in [3.05, 3.63) is 41.6 Å². The topological polar surface area (TPSA) is 71.7 Å². The molecule has 0 amide bonds. The molecule has 0 fully saturated rings. The number of methoxy groups -OCH3 is 1. The third-order valence-electron chi connectivity index (χ3n) is 3.91. The number of hydrogen-bond acceptors (Lipinski definition) is 5. The number of nitrogens with zero attached hydrogens (tertiary/aromatic N) is 2. The fourth-order valence-electron chi connectivity index (χ4n) is 2.29. The number of aliphatic imine (C=N–C) groups is 1. The molecule has 8 heteroatoms. The van der Waals surface area contributed by atoms with Crippen LogP contribution in [-0.2, 0) is 6.54 Å². The Hall–Kier alpha value is -1.42. The minimum Gasteiger partial charge on any atom is -0.496 e. The van der Waals surface area contributed by atoms with Crippen molar-refractivity contribution >= 4 is 41.7 Å². The maximum atomic E-state index is 5.57. The number of para-hydroxylation sites is 1. The zero-order valence-electron chi connectivity index (χ0n) is 16.5. The van der Waals surface area contributed by atoms with Gasteiger partial charge in [0, 0.05) is 24.2 Å². The summed E-state index contributed by atoms with van der Waals surface area (Å²) < 4.78 is 11.0. The van der Waals surface area contributed by atoms with Crippen LogP contribution in [0.3, 0.4) is 0 Å². The second-order valence-electron chi connectivity index (χ2n) is 6.12. The lowest BCUT2D eigenvalue weighted by Crippen LogP contribution is -2.39. The fourth-order valence-corrected chi connectivity index (χ4v) is 3.34. The molecule has 2 aromatic rings.